The van der Waals surface area contributed by atoms with Gasteiger partial charge in [-0.3, -0.25) is 0 Å². The summed E-state index contributed by atoms with van der Waals surface area (Å²) in [6, 6.07) is 19.7. The molecule has 3 aromatic carbocycles. The number of rotatable bonds is 5. The largest absolute Gasteiger partial charge is 0.494 e. The summed E-state index contributed by atoms with van der Waals surface area (Å²) >= 11 is 6.18. The van der Waals surface area contributed by atoms with Crippen molar-refractivity contribution in [3.63, 3.8) is 0 Å². The van der Waals surface area contributed by atoms with Gasteiger partial charge in [0.05, 0.1) is 39.8 Å². The predicted molar refractivity (Wildman–Crippen MR) is 135 cm³/mol. The normalized spacial score (nSPS) is 12.3. The summed E-state index contributed by atoms with van der Waals surface area (Å²) in [5, 5.41) is 12.3. The number of aromatic amines is 1. The predicted octanol–water partition coefficient (Wildman–Crippen LogP) is 5.64. The summed E-state index contributed by atoms with van der Waals surface area (Å²) in [5.74, 6) is 0.0522. The molecule has 2 aromatic heterocycles. The summed E-state index contributed by atoms with van der Waals surface area (Å²) in [4.78, 5) is 14.7. The minimum absolute atomic E-state index is 0.0522. The molecule has 0 saturated heterocycles. The smallest absolute Gasteiger partial charge is 0.199 e. The van der Waals surface area contributed by atoms with E-state index in [1.54, 1.807) is 12.4 Å². The first-order chi connectivity index (χ1) is 15.9. The van der Waals surface area contributed by atoms with Gasteiger partial charge in [-0.2, -0.15) is 0 Å². The zero-order chi connectivity index (χ0) is 23.1. The molecule has 0 fully saturated rings. The molecule has 33 heavy (non-hydrogen) atoms. The average Bonchev–Trinajstić information content (AvgIpc) is 3.31. The highest BCUT2D eigenvalue weighted by Gasteiger charge is 2.20. The zero-order valence-electron chi connectivity index (χ0n) is 18.7. The topological polar surface area (TPSA) is 69.4 Å². The number of nitrogens with zero attached hydrogens (tertiary/aromatic N) is 4. The van der Waals surface area contributed by atoms with Crippen LogP contribution in [0, 0.1) is 0 Å². The lowest BCUT2D eigenvalue weighted by molar-refractivity contribution is 0.402. The molecule has 7 heteroatoms. The van der Waals surface area contributed by atoms with Crippen molar-refractivity contribution in [3.05, 3.63) is 88.7 Å². The van der Waals surface area contributed by atoms with Gasteiger partial charge < -0.3 is 19.6 Å². The minimum atomic E-state index is 0.0522. The molecule has 0 atom stereocenters. The van der Waals surface area contributed by atoms with E-state index in [9.17, 15) is 5.11 Å². The van der Waals surface area contributed by atoms with Crippen molar-refractivity contribution in [1.29, 1.82) is 0 Å². The van der Waals surface area contributed by atoms with Crippen LogP contribution in [0.5, 0.6) is 5.88 Å². The van der Waals surface area contributed by atoms with E-state index in [0.29, 0.717) is 16.3 Å². The minimum Gasteiger partial charge on any atom is -0.494 e. The van der Waals surface area contributed by atoms with Crippen LogP contribution in [-0.4, -0.2) is 44.3 Å². The van der Waals surface area contributed by atoms with Crippen molar-refractivity contribution < 1.29 is 5.11 Å². The Balaban J connectivity index is 1.70. The zero-order valence-corrected chi connectivity index (χ0v) is 19.4. The van der Waals surface area contributed by atoms with Crippen molar-refractivity contribution in [2.75, 3.05) is 14.1 Å². The maximum absolute atomic E-state index is 10.9. The van der Waals surface area contributed by atoms with Gasteiger partial charge in [0.2, 0.25) is 0 Å². The van der Waals surface area contributed by atoms with Gasteiger partial charge in [0.1, 0.15) is 0 Å². The van der Waals surface area contributed by atoms with Crippen LogP contribution in [0.25, 0.3) is 21.9 Å². The lowest BCUT2D eigenvalue weighted by Crippen LogP contribution is -2.10. The van der Waals surface area contributed by atoms with Crippen LogP contribution in [-0.2, 0) is 13.6 Å². The highest BCUT2D eigenvalue weighted by Crippen LogP contribution is 2.33. The fraction of sp³-hybridized carbons (Fsp3) is 0.154. The number of benzene rings is 3. The Bertz CT molecular complexity index is 1490. The molecule has 0 radical (unpaired) electrons. The highest BCUT2D eigenvalue weighted by molar-refractivity contribution is 6.31. The quantitative estimate of drug-likeness (QED) is 0.335. The van der Waals surface area contributed by atoms with Crippen LogP contribution in [0.4, 0.5) is 5.69 Å². The fourth-order valence-electron chi connectivity index (χ4n) is 4.11. The van der Waals surface area contributed by atoms with Crippen LogP contribution < -0.4 is 0 Å². The van der Waals surface area contributed by atoms with E-state index in [1.165, 1.54) is 5.56 Å². The second-order valence-electron chi connectivity index (χ2n) is 8.46. The number of hydrogen-bond donors (Lipinski definition) is 2. The van der Waals surface area contributed by atoms with E-state index >= 15 is 0 Å². The lowest BCUT2D eigenvalue weighted by atomic mass is 10.00. The molecule has 0 aliphatic carbocycles. The molecule has 6 nitrogen and oxygen atoms in total. The molecule has 5 aromatic rings. The Morgan fingerprint density at radius 2 is 1.88 bits per heavy atom. The van der Waals surface area contributed by atoms with Gasteiger partial charge in [0.25, 0.3) is 0 Å². The summed E-state index contributed by atoms with van der Waals surface area (Å²) < 4.78 is 1.98. The van der Waals surface area contributed by atoms with Crippen LogP contribution in [0.3, 0.4) is 0 Å². The molecule has 0 aliphatic rings. The summed E-state index contributed by atoms with van der Waals surface area (Å²) in [6.45, 7) is 0.858. The molecule has 5 rings (SSSR count). The van der Waals surface area contributed by atoms with Gasteiger partial charge in [0.15, 0.2) is 5.88 Å². The molecule has 0 saturated carbocycles. The lowest BCUT2D eigenvalue weighted by Gasteiger charge is -2.11. The molecule has 0 unspecified atom stereocenters. The number of aliphatic imine (C=N–C) groups is 1. The van der Waals surface area contributed by atoms with Crippen molar-refractivity contribution >= 4 is 44.9 Å². The van der Waals surface area contributed by atoms with Crippen LogP contribution in [0.1, 0.15) is 16.7 Å². The van der Waals surface area contributed by atoms with Gasteiger partial charge in [-0.15, -0.1) is 0 Å². The number of hydrogen-bond acceptors (Lipinski definition) is 4. The number of nitrogens with one attached hydrogen (secondary N) is 1. The number of aryl methyl sites for hydroxylation is 1. The first-order valence-corrected chi connectivity index (χ1v) is 11.0. The first-order valence-electron chi connectivity index (χ1n) is 10.6. The molecule has 0 amide bonds. The Hall–Kier alpha value is -3.61. The van der Waals surface area contributed by atoms with Crippen LogP contribution >= 0.6 is 11.6 Å². The van der Waals surface area contributed by atoms with Gasteiger partial charge >= 0.3 is 0 Å². The van der Waals surface area contributed by atoms with E-state index in [4.69, 9.17) is 16.6 Å². The third-order valence-corrected chi connectivity index (χ3v) is 5.89. The molecule has 2 heterocycles. The standard InChI is InChI=1S/C26H24ClN5O/c1-31(2)14-16-4-8-19(9-5-16)29-25(17-6-11-23-22(12-17)28-15-32(23)3)24-20-10-7-18(27)13-21(20)30-26(24)33/h4-13,15,30,33H,14H2,1-3H3. The Morgan fingerprint density at radius 3 is 2.64 bits per heavy atom. The second-order valence-corrected chi connectivity index (χ2v) is 8.90. The van der Waals surface area contributed by atoms with E-state index in [0.717, 1.165) is 39.7 Å². The summed E-state index contributed by atoms with van der Waals surface area (Å²) in [6.07, 6.45) is 1.79. The number of halogens is 1. The SMILES string of the molecule is CN(C)Cc1ccc(N=C(c2ccc3c(c2)ncn3C)c2c(O)[nH]c3cc(Cl)ccc23)cc1. The number of aromatic nitrogens is 3. The number of fused-ring (bicyclic) bond motifs is 2. The number of aromatic hydroxyl groups is 1. The van der Waals surface area contributed by atoms with E-state index in [-0.39, 0.29) is 5.88 Å². The van der Waals surface area contributed by atoms with Crippen molar-refractivity contribution in [2.45, 2.75) is 6.54 Å². The Labute approximate surface area is 196 Å². The van der Waals surface area contributed by atoms with Crippen LogP contribution in [0.15, 0.2) is 72.0 Å². The second kappa shape index (κ2) is 8.39. The summed E-state index contributed by atoms with van der Waals surface area (Å²) in [5.41, 5.74) is 6.82. The molecule has 0 bridgehead atoms. The maximum atomic E-state index is 10.9. The van der Waals surface area contributed by atoms with Crippen molar-refractivity contribution in [3.8, 4) is 5.88 Å². The molecule has 0 spiro atoms. The molecule has 166 valence electrons. The van der Waals surface area contributed by atoms with Gasteiger partial charge in [-0.05, 0) is 56.1 Å². The molecular weight excluding hydrogens is 434 g/mol. The molecule has 0 aliphatic heterocycles. The third kappa shape index (κ3) is 4.11. The monoisotopic (exact) mass is 457 g/mol. The summed E-state index contributed by atoms with van der Waals surface area (Å²) in [7, 11) is 6.06. The first kappa shape index (κ1) is 21.2. The Morgan fingerprint density at radius 1 is 1.09 bits per heavy atom. The number of imidazole rings is 1. The average molecular weight is 458 g/mol. The third-order valence-electron chi connectivity index (χ3n) is 5.65. The number of H-pyrrole nitrogens is 1. The van der Waals surface area contributed by atoms with E-state index in [2.05, 4.69) is 27.0 Å². The Kier molecular flexibility index (Phi) is 5.40. The van der Waals surface area contributed by atoms with Crippen LogP contribution in [0.2, 0.25) is 5.02 Å². The molecule has 2 N–H and O–H groups in total. The molecular formula is C26H24ClN5O. The van der Waals surface area contributed by atoms with Gasteiger partial charge in [-0.25, -0.2) is 9.98 Å². The van der Waals surface area contributed by atoms with E-state index < -0.39 is 0 Å². The van der Waals surface area contributed by atoms with Gasteiger partial charge in [0, 0.05) is 29.6 Å². The van der Waals surface area contributed by atoms with Crippen molar-refractivity contribution in [2.24, 2.45) is 12.0 Å². The van der Waals surface area contributed by atoms with E-state index in [1.807, 2.05) is 68.2 Å². The van der Waals surface area contributed by atoms with Crippen molar-refractivity contribution in [1.82, 2.24) is 19.4 Å². The van der Waals surface area contributed by atoms with Gasteiger partial charge in [-0.1, -0.05) is 35.9 Å². The fourth-order valence-corrected chi connectivity index (χ4v) is 4.29. The maximum Gasteiger partial charge on any atom is 0.199 e. The highest BCUT2D eigenvalue weighted by atomic mass is 35.5.